The number of aromatic nitrogens is 2. The number of likely N-dealkylation sites (tertiary alicyclic amines) is 1. The predicted molar refractivity (Wildman–Crippen MR) is 72.4 cm³/mol. The zero-order valence-electron chi connectivity index (χ0n) is 11.1. The maximum absolute atomic E-state index is 4.51. The first-order chi connectivity index (χ1) is 8.85. The molecule has 1 saturated heterocycles. The van der Waals surface area contributed by atoms with E-state index < -0.39 is 0 Å². The van der Waals surface area contributed by atoms with Gasteiger partial charge in [-0.3, -0.25) is 9.88 Å². The summed E-state index contributed by atoms with van der Waals surface area (Å²) in [6.45, 7) is 5.35. The number of hydrogen-bond donors (Lipinski definition) is 1. The Morgan fingerprint density at radius 3 is 2.89 bits per heavy atom. The van der Waals surface area contributed by atoms with E-state index >= 15 is 0 Å². The van der Waals surface area contributed by atoms with Crippen LogP contribution in [0.4, 0.5) is 5.82 Å². The third kappa shape index (κ3) is 2.48. The van der Waals surface area contributed by atoms with Crippen molar-refractivity contribution in [3.63, 3.8) is 0 Å². The van der Waals surface area contributed by atoms with Crippen molar-refractivity contribution < 1.29 is 0 Å². The summed E-state index contributed by atoms with van der Waals surface area (Å²) in [5.41, 5.74) is 1.10. The van der Waals surface area contributed by atoms with Gasteiger partial charge in [-0.1, -0.05) is 6.92 Å². The SMILES string of the molecule is CCCNc1cnc(CN2CC3CCC2C3)cn1. The molecule has 0 radical (unpaired) electrons. The summed E-state index contributed by atoms with van der Waals surface area (Å²) in [6.07, 6.45) is 9.12. The van der Waals surface area contributed by atoms with E-state index in [0.29, 0.717) is 0 Å². The minimum Gasteiger partial charge on any atom is -0.369 e. The Bertz CT molecular complexity index is 389. The van der Waals surface area contributed by atoms with Crippen molar-refractivity contribution in [1.29, 1.82) is 0 Å². The van der Waals surface area contributed by atoms with Crippen molar-refractivity contribution in [3.05, 3.63) is 18.1 Å². The molecule has 1 N–H and O–H groups in total. The molecule has 2 bridgehead atoms. The summed E-state index contributed by atoms with van der Waals surface area (Å²) < 4.78 is 0. The first kappa shape index (κ1) is 11.9. The standard InChI is InChI=1S/C14H22N4/c1-2-5-15-14-8-16-12(7-17-14)10-18-9-11-3-4-13(18)6-11/h7-8,11,13H,2-6,9-10H2,1H3,(H,15,17). The number of rotatable bonds is 5. The average molecular weight is 246 g/mol. The van der Waals surface area contributed by atoms with Gasteiger partial charge in [0.25, 0.3) is 0 Å². The number of hydrogen-bond acceptors (Lipinski definition) is 4. The molecule has 4 heteroatoms. The second-order valence-electron chi connectivity index (χ2n) is 5.58. The predicted octanol–water partition coefficient (Wildman–Crippen LogP) is 2.28. The summed E-state index contributed by atoms with van der Waals surface area (Å²) in [7, 11) is 0. The summed E-state index contributed by atoms with van der Waals surface area (Å²) in [6, 6.07) is 0.815. The van der Waals surface area contributed by atoms with E-state index in [-0.39, 0.29) is 0 Å². The fourth-order valence-electron chi connectivity index (χ4n) is 3.21. The number of fused-ring (bicyclic) bond motifs is 2. The molecule has 0 amide bonds. The first-order valence-corrected chi connectivity index (χ1v) is 7.14. The van der Waals surface area contributed by atoms with Crippen molar-refractivity contribution in [3.8, 4) is 0 Å². The van der Waals surface area contributed by atoms with E-state index in [1.165, 1.54) is 25.8 Å². The van der Waals surface area contributed by atoms with Gasteiger partial charge in [0.1, 0.15) is 5.82 Å². The van der Waals surface area contributed by atoms with Crippen molar-refractivity contribution >= 4 is 5.82 Å². The van der Waals surface area contributed by atoms with Crippen LogP contribution in [-0.2, 0) is 6.54 Å². The molecule has 4 nitrogen and oxygen atoms in total. The highest BCUT2D eigenvalue weighted by Crippen LogP contribution is 2.37. The molecule has 2 heterocycles. The highest BCUT2D eigenvalue weighted by atomic mass is 15.2. The zero-order chi connectivity index (χ0) is 12.4. The Hall–Kier alpha value is -1.16. The molecule has 0 spiro atoms. The van der Waals surface area contributed by atoms with Crippen molar-refractivity contribution in [2.24, 2.45) is 5.92 Å². The molecule has 1 aliphatic carbocycles. The fourth-order valence-corrected chi connectivity index (χ4v) is 3.21. The molecule has 0 aromatic carbocycles. The topological polar surface area (TPSA) is 41.1 Å². The van der Waals surface area contributed by atoms with E-state index in [2.05, 4.69) is 27.1 Å². The maximum Gasteiger partial charge on any atom is 0.144 e. The van der Waals surface area contributed by atoms with Crippen LogP contribution in [0.25, 0.3) is 0 Å². The van der Waals surface area contributed by atoms with Crippen molar-refractivity contribution in [1.82, 2.24) is 14.9 Å². The monoisotopic (exact) mass is 246 g/mol. The Balaban J connectivity index is 1.56. The molecule has 1 saturated carbocycles. The number of nitrogens with zero attached hydrogens (tertiary/aromatic N) is 3. The van der Waals surface area contributed by atoms with Gasteiger partial charge in [-0.05, 0) is 31.6 Å². The average Bonchev–Trinajstić information content (AvgIpc) is 3.00. The zero-order valence-corrected chi connectivity index (χ0v) is 11.1. The smallest absolute Gasteiger partial charge is 0.144 e. The van der Waals surface area contributed by atoms with Crippen molar-refractivity contribution in [2.45, 2.75) is 45.2 Å². The molecule has 2 fully saturated rings. The van der Waals surface area contributed by atoms with Crippen LogP contribution in [0.1, 0.15) is 38.3 Å². The number of nitrogens with one attached hydrogen (secondary N) is 1. The second kappa shape index (κ2) is 5.22. The first-order valence-electron chi connectivity index (χ1n) is 7.14. The molecule has 2 aliphatic rings. The van der Waals surface area contributed by atoms with Crippen LogP contribution in [0.15, 0.2) is 12.4 Å². The van der Waals surface area contributed by atoms with Gasteiger partial charge in [0.05, 0.1) is 18.1 Å². The van der Waals surface area contributed by atoms with Crippen LogP contribution >= 0.6 is 0 Å². The molecule has 3 rings (SSSR count). The molecule has 98 valence electrons. The van der Waals surface area contributed by atoms with Gasteiger partial charge in [-0.15, -0.1) is 0 Å². The van der Waals surface area contributed by atoms with E-state index in [1.807, 2.05) is 12.4 Å². The second-order valence-corrected chi connectivity index (χ2v) is 5.58. The fraction of sp³-hybridized carbons (Fsp3) is 0.714. The molecule has 1 aliphatic heterocycles. The van der Waals surface area contributed by atoms with Crippen molar-refractivity contribution in [2.75, 3.05) is 18.4 Å². The summed E-state index contributed by atoms with van der Waals surface area (Å²) in [5.74, 6) is 1.84. The van der Waals surface area contributed by atoms with Gasteiger partial charge in [-0.25, -0.2) is 4.98 Å². The number of piperidine rings is 1. The summed E-state index contributed by atoms with van der Waals surface area (Å²) >= 11 is 0. The van der Waals surface area contributed by atoms with E-state index in [0.717, 1.165) is 43.0 Å². The van der Waals surface area contributed by atoms with Crippen LogP contribution in [-0.4, -0.2) is 34.0 Å². The Morgan fingerprint density at radius 2 is 2.28 bits per heavy atom. The van der Waals surface area contributed by atoms with E-state index in [9.17, 15) is 0 Å². The molecular formula is C14H22N4. The Morgan fingerprint density at radius 1 is 1.33 bits per heavy atom. The van der Waals surface area contributed by atoms with Gasteiger partial charge in [0, 0.05) is 25.7 Å². The molecule has 18 heavy (non-hydrogen) atoms. The lowest BCUT2D eigenvalue weighted by Gasteiger charge is -2.26. The maximum atomic E-state index is 4.51. The lowest BCUT2D eigenvalue weighted by molar-refractivity contribution is 0.203. The minimum atomic E-state index is 0.815. The van der Waals surface area contributed by atoms with Crippen LogP contribution in [0.5, 0.6) is 0 Å². The summed E-state index contributed by atoms with van der Waals surface area (Å²) in [4.78, 5) is 11.5. The highest BCUT2D eigenvalue weighted by Gasteiger charge is 2.37. The molecule has 2 unspecified atom stereocenters. The Labute approximate surface area is 109 Å². The third-order valence-electron chi connectivity index (χ3n) is 4.15. The molecule has 1 aromatic heterocycles. The van der Waals surface area contributed by atoms with E-state index in [4.69, 9.17) is 0 Å². The van der Waals surface area contributed by atoms with E-state index in [1.54, 1.807) is 0 Å². The molecule has 2 atom stereocenters. The Kier molecular flexibility index (Phi) is 3.46. The van der Waals surface area contributed by atoms with Gasteiger partial charge >= 0.3 is 0 Å². The largest absolute Gasteiger partial charge is 0.369 e. The quantitative estimate of drug-likeness (QED) is 0.865. The number of anilines is 1. The molecular weight excluding hydrogens is 224 g/mol. The minimum absolute atomic E-state index is 0.815. The van der Waals surface area contributed by atoms with Crippen LogP contribution in [0.3, 0.4) is 0 Å². The van der Waals surface area contributed by atoms with Crippen LogP contribution < -0.4 is 5.32 Å². The lowest BCUT2D eigenvalue weighted by atomic mass is 10.1. The van der Waals surface area contributed by atoms with Gasteiger partial charge in [-0.2, -0.15) is 0 Å². The molecule has 1 aromatic rings. The van der Waals surface area contributed by atoms with Gasteiger partial charge < -0.3 is 5.32 Å². The van der Waals surface area contributed by atoms with Crippen LogP contribution in [0.2, 0.25) is 0 Å². The normalized spacial score (nSPS) is 26.7. The lowest BCUT2D eigenvalue weighted by Crippen LogP contribution is -2.31. The summed E-state index contributed by atoms with van der Waals surface area (Å²) in [5, 5.41) is 3.25. The van der Waals surface area contributed by atoms with Crippen LogP contribution in [0, 0.1) is 5.92 Å². The highest BCUT2D eigenvalue weighted by molar-refractivity contribution is 5.30. The van der Waals surface area contributed by atoms with Gasteiger partial charge in [0.15, 0.2) is 0 Å². The third-order valence-corrected chi connectivity index (χ3v) is 4.15. The van der Waals surface area contributed by atoms with Gasteiger partial charge in [0.2, 0.25) is 0 Å².